The van der Waals surface area contributed by atoms with Gasteiger partial charge in [0.2, 0.25) is 0 Å². The Morgan fingerprint density at radius 2 is 1.76 bits per heavy atom. The molecule has 0 N–H and O–H groups in total. The van der Waals surface area contributed by atoms with Gasteiger partial charge in [0, 0.05) is 0 Å². The zero-order valence-electron chi connectivity index (χ0n) is 10.9. The zero-order valence-corrected chi connectivity index (χ0v) is 13.2. The lowest BCUT2D eigenvalue weighted by Gasteiger charge is -2.12. The van der Waals surface area contributed by atoms with Crippen LogP contribution in [0.2, 0.25) is 10.0 Å². The molecule has 1 unspecified atom stereocenters. The van der Waals surface area contributed by atoms with Crippen LogP contribution in [-0.4, -0.2) is 9.55 Å². The second-order valence-corrected chi connectivity index (χ2v) is 6.10. The standard InChI is InChI=1S/C15H10Cl3FN2/c1-8(16)15-20-12-4-2-3-5-13(12)21(15)9-6-10(17)14(19)11(18)7-9/h2-8H,1H3. The molecule has 0 radical (unpaired) electrons. The minimum atomic E-state index is -0.632. The fourth-order valence-electron chi connectivity index (χ4n) is 2.25. The van der Waals surface area contributed by atoms with Crippen LogP contribution in [0.5, 0.6) is 0 Å². The summed E-state index contributed by atoms with van der Waals surface area (Å²) in [5.74, 6) is 0.0172. The van der Waals surface area contributed by atoms with Crippen molar-refractivity contribution in [2.45, 2.75) is 12.3 Å². The van der Waals surface area contributed by atoms with Gasteiger partial charge in [-0.2, -0.15) is 0 Å². The van der Waals surface area contributed by atoms with Crippen LogP contribution in [0, 0.1) is 5.82 Å². The molecule has 3 rings (SSSR count). The molecule has 21 heavy (non-hydrogen) atoms. The largest absolute Gasteiger partial charge is 0.295 e. The van der Waals surface area contributed by atoms with Gasteiger partial charge in [-0.3, -0.25) is 4.57 Å². The van der Waals surface area contributed by atoms with Crippen LogP contribution in [0.1, 0.15) is 18.1 Å². The number of nitrogens with zero attached hydrogens (tertiary/aromatic N) is 2. The number of para-hydroxylation sites is 2. The first kappa shape index (κ1) is 14.6. The Morgan fingerprint density at radius 3 is 2.38 bits per heavy atom. The topological polar surface area (TPSA) is 17.8 Å². The number of alkyl halides is 1. The molecular weight excluding hydrogens is 334 g/mol. The number of rotatable bonds is 2. The van der Waals surface area contributed by atoms with Crippen LogP contribution >= 0.6 is 34.8 Å². The van der Waals surface area contributed by atoms with Gasteiger partial charge in [0.1, 0.15) is 5.82 Å². The highest BCUT2D eigenvalue weighted by molar-refractivity contribution is 6.35. The lowest BCUT2D eigenvalue weighted by molar-refractivity contribution is 0.628. The molecule has 0 aliphatic rings. The van der Waals surface area contributed by atoms with E-state index in [0.29, 0.717) is 11.5 Å². The van der Waals surface area contributed by atoms with Crippen LogP contribution in [0.4, 0.5) is 4.39 Å². The summed E-state index contributed by atoms with van der Waals surface area (Å²) in [6, 6.07) is 10.6. The zero-order chi connectivity index (χ0) is 15.1. The van der Waals surface area contributed by atoms with Crippen LogP contribution in [0.15, 0.2) is 36.4 Å². The smallest absolute Gasteiger partial charge is 0.160 e. The predicted octanol–water partition coefficient (Wildman–Crippen LogP) is 5.77. The van der Waals surface area contributed by atoms with Crippen molar-refractivity contribution in [1.82, 2.24) is 9.55 Å². The van der Waals surface area contributed by atoms with Crippen LogP contribution in [0.25, 0.3) is 16.7 Å². The predicted molar refractivity (Wildman–Crippen MR) is 85.3 cm³/mol. The third kappa shape index (κ3) is 2.50. The Kier molecular flexibility index (Phi) is 3.82. The maximum absolute atomic E-state index is 13.6. The fraction of sp³-hybridized carbons (Fsp3) is 0.133. The Hall–Kier alpha value is -1.29. The number of imidazole rings is 1. The molecule has 1 heterocycles. The van der Waals surface area contributed by atoms with E-state index in [1.54, 1.807) is 0 Å². The van der Waals surface area contributed by atoms with E-state index in [0.717, 1.165) is 11.0 Å². The summed E-state index contributed by atoms with van der Waals surface area (Å²) in [4.78, 5) is 4.52. The lowest BCUT2D eigenvalue weighted by Crippen LogP contribution is -2.02. The molecule has 108 valence electrons. The van der Waals surface area contributed by atoms with Crippen molar-refractivity contribution in [2.24, 2.45) is 0 Å². The van der Waals surface area contributed by atoms with Crippen LogP contribution in [-0.2, 0) is 0 Å². The van der Waals surface area contributed by atoms with Gasteiger partial charge in [0.25, 0.3) is 0 Å². The molecule has 0 aliphatic carbocycles. The number of benzene rings is 2. The summed E-state index contributed by atoms with van der Waals surface area (Å²) in [5.41, 5.74) is 2.29. The van der Waals surface area contributed by atoms with Crippen molar-refractivity contribution < 1.29 is 4.39 Å². The van der Waals surface area contributed by atoms with Gasteiger partial charge < -0.3 is 0 Å². The van der Waals surface area contributed by atoms with Gasteiger partial charge in [-0.1, -0.05) is 35.3 Å². The number of hydrogen-bond donors (Lipinski definition) is 0. The molecule has 0 saturated heterocycles. The van der Waals surface area contributed by atoms with Crippen molar-refractivity contribution in [2.75, 3.05) is 0 Å². The van der Waals surface area contributed by atoms with Gasteiger partial charge in [-0.15, -0.1) is 11.6 Å². The maximum atomic E-state index is 13.6. The normalized spacial score (nSPS) is 12.8. The molecule has 3 aromatic rings. The third-order valence-electron chi connectivity index (χ3n) is 3.17. The first-order valence-electron chi connectivity index (χ1n) is 6.25. The SMILES string of the molecule is CC(Cl)c1nc2ccccc2n1-c1cc(Cl)c(F)c(Cl)c1. The summed E-state index contributed by atoms with van der Waals surface area (Å²) >= 11 is 18.0. The van der Waals surface area contributed by atoms with Crippen molar-refractivity contribution >= 4 is 45.8 Å². The Morgan fingerprint density at radius 1 is 1.14 bits per heavy atom. The van der Waals surface area contributed by atoms with Crippen LogP contribution in [0.3, 0.4) is 0 Å². The van der Waals surface area contributed by atoms with E-state index >= 15 is 0 Å². The highest BCUT2D eigenvalue weighted by Gasteiger charge is 2.18. The first-order chi connectivity index (χ1) is 9.99. The Balaban J connectivity index is 2.35. The second-order valence-electron chi connectivity index (χ2n) is 4.63. The molecule has 6 heteroatoms. The van der Waals surface area contributed by atoms with E-state index in [2.05, 4.69) is 4.98 Å². The number of aromatic nitrogens is 2. The summed E-state index contributed by atoms with van der Waals surface area (Å²) in [6.07, 6.45) is 0. The van der Waals surface area contributed by atoms with Crippen molar-refractivity contribution in [3.8, 4) is 5.69 Å². The molecule has 0 amide bonds. The van der Waals surface area contributed by atoms with E-state index in [-0.39, 0.29) is 15.4 Å². The van der Waals surface area contributed by atoms with Crippen molar-refractivity contribution in [1.29, 1.82) is 0 Å². The van der Waals surface area contributed by atoms with Crippen molar-refractivity contribution in [3.63, 3.8) is 0 Å². The average Bonchev–Trinajstić information content (AvgIpc) is 2.84. The van der Waals surface area contributed by atoms with Crippen molar-refractivity contribution in [3.05, 3.63) is 58.1 Å². The van der Waals surface area contributed by atoms with E-state index < -0.39 is 5.82 Å². The van der Waals surface area contributed by atoms with Crippen LogP contribution < -0.4 is 0 Å². The van der Waals surface area contributed by atoms with E-state index in [1.807, 2.05) is 35.8 Å². The van der Waals surface area contributed by atoms with Gasteiger partial charge >= 0.3 is 0 Å². The number of fused-ring (bicyclic) bond motifs is 1. The minimum absolute atomic E-state index is 0.0385. The van der Waals surface area contributed by atoms with E-state index in [9.17, 15) is 4.39 Å². The Labute approximate surface area is 136 Å². The van der Waals surface area contributed by atoms with E-state index in [4.69, 9.17) is 34.8 Å². The van der Waals surface area contributed by atoms with Gasteiger partial charge in [0.05, 0.1) is 32.1 Å². The molecule has 0 saturated carbocycles. The average molecular weight is 344 g/mol. The molecule has 1 atom stereocenters. The van der Waals surface area contributed by atoms with Gasteiger partial charge in [-0.05, 0) is 31.2 Å². The molecule has 0 bridgehead atoms. The fourth-order valence-corrected chi connectivity index (χ4v) is 2.88. The third-order valence-corrected chi connectivity index (χ3v) is 3.91. The first-order valence-corrected chi connectivity index (χ1v) is 7.44. The minimum Gasteiger partial charge on any atom is -0.295 e. The summed E-state index contributed by atoms with van der Waals surface area (Å²) in [6.45, 7) is 1.83. The molecule has 0 fully saturated rings. The quantitative estimate of drug-likeness (QED) is 0.426. The molecule has 0 aliphatic heterocycles. The number of hydrogen-bond acceptors (Lipinski definition) is 1. The lowest BCUT2D eigenvalue weighted by atomic mass is 10.2. The summed E-state index contributed by atoms with van der Waals surface area (Å²) in [5, 5.41) is -0.396. The van der Waals surface area contributed by atoms with Gasteiger partial charge in [0.15, 0.2) is 5.82 Å². The monoisotopic (exact) mass is 342 g/mol. The molecule has 2 nitrogen and oxygen atoms in total. The molecular formula is C15H10Cl3FN2. The molecule has 0 spiro atoms. The second kappa shape index (κ2) is 5.48. The highest BCUT2D eigenvalue weighted by atomic mass is 35.5. The van der Waals surface area contributed by atoms with Gasteiger partial charge in [-0.25, -0.2) is 9.37 Å². The summed E-state index contributed by atoms with van der Waals surface area (Å²) < 4.78 is 15.4. The number of halogens is 4. The molecule has 2 aromatic carbocycles. The Bertz CT molecular complexity index is 804. The summed E-state index contributed by atoms with van der Waals surface area (Å²) in [7, 11) is 0. The molecule has 1 aromatic heterocycles. The maximum Gasteiger partial charge on any atom is 0.160 e. The highest BCUT2D eigenvalue weighted by Crippen LogP contribution is 2.32. The van der Waals surface area contributed by atoms with E-state index in [1.165, 1.54) is 12.1 Å².